The average Bonchev–Trinajstić information content (AvgIpc) is 3.57. The van der Waals surface area contributed by atoms with Gasteiger partial charge in [0.15, 0.2) is 0 Å². The molecule has 0 heterocycles. The Morgan fingerprint density at radius 1 is 0.366 bits per heavy atom. The summed E-state index contributed by atoms with van der Waals surface area (Å²) in [6, 6.07) is 46.6. The first-order valence-corrected chi connectivity index (χ1v) is 39.9. The second kappa shape index (κ2) is 36.1. The van der Waals surface area contributed by atoms with Crippen LogP contribution < -0.4 is 26.6 Å². The van der Waals surface area contributed by atoms with Crippen molar-refractivity contribution in [1.82, 2.24) is 45.8 Å². The number of nitrogens with one attached hydrogen (secondary N) is 4. The van der Waals surface area contributed by atoms with Crippen molar-refractivity contribution in [3.05, 3.63) is 179 Å². The summed E-state index contributed by atoms with van der Waals surface area (Å²) in [4.78, 5) is 2.27. The van der Waals surface area contributed by atoms with Crippen molar-refractivity contribution < 1.29 is 45.5 Å². The Bertz CT molecular complexity index is 2840. The third kappa shape index (κ3) is 28.1. The molecule has 0 spiro atoms. The largest absolute Gasteiger partial charge is 0.319 e. The Kier molecular flexibility index (Phi) is 33.4. The topological polar surface area (TPSA) is 230 Å². The van der Waals surface area contributed by atoms with E-state index >= 15 is 0 Å². The molecule has 0 bridgehead atoms. The molecule has 0 aliphatic carbocycles. The van der Waals surface area contributed by atoms with Crippen LogP contribution in [-0.4, -0.2) is 131 Å². The molecule has 35 heteroatoms. The van der Waals surface area contributed by atoms with Crippen LogP contribution in [-0.2, 0) is 45.5 Å². The molecule has 5 aromatic carbocycles. The molecule has 0 aliphatic heterocycles. The van der Waals surface area contributed by atoms with E-state index in [0.29, 0.717) is 24.9 Å². The van der Waals surface area contributed by atoms with Crippen LogP contribution in [0.3, 0.4) is 0 Å². The first-order chi connectivity index (χ1) is 38.2. The molecule has 5 aromatic rings. The Morgan fingerprint density at radius 3 is 0.671 bits per heavy atom. The van der Waals surface area contributed by atoms with Gasteiger partial charge >= 0.3 is 0 Å². The predicted octanol–water partition coefficient (Wildman–Crippen LogP) is 13.9. The number of nitrogens with zero attached hydrogens (tertiary/aromatic N) is 5. The van der Waals surface area contributed by atoms with E-state index in [1.54, 1.807) is 35.2 Å². The molecule has 5 rings (SSSR count). The van der Waals surface area contributed by atoms with Crippen LogP contribution in [0.5, 0.6) is 0 Å². The van der Waals surface area contributed by atoms with E-state index in [2.05, 4.69) is 20.8 Å². The smallest absolute Gasteiger partial charge is 0.297 e. The van der Waals surface area contributed by atoms with Crippen LogP contribution in [0.4, 0.5) is 0 Å². The number of benzene rings is 5. The summed E-state index contributed by atoms with van der Waals surface area (Å²) in [6.07, 6.45) is 0. The molecule has 0 aliphatic rings. The molecular weight excluding hydrogens is 1350 g/mol. The second-order valence-corrected chi connectivity index (χ2v) is 39.4. The van der Waals surface area contributed by atoms with E-state index in [0.717, 1.165) is 27.8 Å². The zero-order chi connectivity index (χ0) is 62.1. The summed E-state index contributed by atoms with van der Waals surface area (Å²) in [7, 11) is -1.37. The van der Waals surface area contributed by atoms with Gasteiger partial charge in [-0.25, -0.2) is 5.84 Å². The zero-order valence-corrected chi connectivity index (χ0v) is 58.2. The Labute approximate surface area is 526 Å². The van der Waals surface area contributed by atoms with Crippen molar-refractivity contribution in [3.8, 4) is 0 Å². The van der Waals surface area contributed by atoms with Crippen LogP contribution in [0.2, 0.25) is 0 Å². The van der Waals surface area contributed by atoms with Crippen LogP contribution in [0.1, 0.15) is 27.8 Å². The maximum absolute atomic E-state index is 13.3. The summed E-state index contributed by atoms with van der Waals surface area (Å²) in [6.45, 7) is 0. The standard InChI is InChI=1S/2C19H26N4O4P2S2.C8H10N2S.CH2Cl4O2P2/c2*1-22(18(30)16-11-7-5-8-12-16)20-28(24,26-3)15-29(25,27-4)21-23(2)19(31)17-13-9-6-10-14-17;1-10(9)8(11)7-5-3-2-4-6-7;2-8(3,6)1-9(4,5)7/h2*5-14H,15H2,1-4H3,(H,20,24)(H,21,25);2-6H,9H2,1H3;1H2. The fraction of sp³-hybridized carbons (Fsp3) is 0.255. The van der Waals surface area contributed by atoms with Crippen molar-refractivity contribution in [1.29, 1.82) is 0 Å². The minimum absolute atomic E-state index is 0.403. The van der Waals surface area contributed by atoms with Gasteiger partial charge in [-0.05, 0) is 45.0 Å². The molecule has 0 saturated heterocycles. The lowest BCUT2D eigenvalue weighted by atomic mass is 10.2. The van der Waals surface area contributed by atoms with Gasteiger partial charge in [0.1, 0.15) is 42.7 Å². The third-order valence-corrected chi connectivity index (χ3v) is 29.9. The minimum Gasteiger partial charge on any atom is -0.319 e. The Morgan fingerprint density at radius 2 is 0.537 bits per heavy atom. The van der Waals surface area contributed by atoms with Gasteiger partial charge in [-0.15, -0.1) is 0 Å². The van der Waals surface area contributed by atoms with Crippen LogP contribution in [0, 0.1) is 0 Å². The zero-order valence-electron chi connectivity index (χ0n) is 45.7. The van der Waals surface area contributed by atoms with E-state index in [4.69, 9.17) is 130 Å². The van der Waals surface area contributed by atoms with Gasteiger partial charge in [-0.3, -0.25) is 47.4 Å². The van der Waals surface area contributed by atoms with Crippen molar-refractivity contribution in [2.24, 2.45) is 5.84 Å². The number of halogens is 4. The van der Waals surface area contributed by atoms with Gasteiger partial charge in [-0.2, -0.15) is 20.8 Å². The lowest BCUT2D eigenvalue weighted by molar-refractivity contribution is 0.329. The van der Waals surface area contributed by atoms with E-state index in [1.165, 1.54) is 53.5 Å². The fourth-order valence-corrected chi connectivity index (χ4v) is 25.6. The highest BCUT2D eigenvalue weighted by Crippen LogP contribution is 2.72. The lowest BCUT2D eigenvalue weighted by Crippen LogP contribution is -2.40. The fourth-order valence-electron chi connectivity index (χ4n) is 6.18. The van der Waals surface area contributed by atoms with E-state index in [1.807, 2.05) is 152 Å². The summed E-state index contributed by atoms with van der Waals surface area (Å²) in [5.41, 5.74) is 4.02. The highest BCUT2D eigenvalue weighted by molar-refractivity contribution is 8.21. The molecule has 0 saturated carbocycles. The summed E-state index contributed by atoms with van der Waals surface area (Å²) < 4.78 is 95.1. The van der Waals surface area contributed by atoms with Gasteiger partial charge in [0.2, 0.25) is 0 Å². The molecule has 0 radical (unpaired) electrons. The maximum atomic E-state index is 13.3. The minimum atomic E-state index is -3.66. The van der Waals surface area contributed by atoms with Crippen molar-refractivity contribution in [2.75, 3.05) is 81.4 Å². The summed E-state index contributed by atoms with van der Waals surface area (Å²) in [5.74, 6) is -2.68. The van der Waals surface area contributed by atoms with E-state index in [-0.39, 0.29) is 0 Å². The number of hydrazine groups is 5. The van der Waals surface area contributed by atoms with E-state index < -0.39 is 59.5 Å². The molecule has 4 atom stereocenters. The Balaban J connectivity index is 0.000000420. The summed E-state index contributed by atoms with van der Waals surface area (Å²) >= 11 is 46.8. The maximum Gasteiger partial charge on any atom is 0.297 e. The SMILES string of the molecule is CN(N)C(=S)c1ccccc1.COP(=O)(CP(=O)(NN(C)C(=S)c1ccccc1)OC)NN(C)C(=S)c1ccccc1.COP(=O)(CP(=O)(NN(C)C(=S)c1ccccc1)OC)NN(C)C(=S)c1ccccc1.O=P(Cl)(Cl)CP(=O)(Cl)Cl. The predicted molar refractivity (Wildman–Crippen MR) is 358 cm³/mol. The summed E-state index contributed by atoms with van der Waals surface area (Å²) in [5, 5.41) is 18.1. The molecular formula is C47H64Cl4N10O10P6S5. The molecule has 6 N–H and O–H groups in total. The van der Waals surface area contributed by atoms with Gasteiger partial charge in [0.25, 0.3) is 41.8 Å². The highest BCUT2D eigenvalue weighted by Gasteiger charge is 2.39. The number of hydrogen-bond donors (Lipinski definition) is 5. The van der Waals surface area contributed by atoms with Gasteiger partial charge < -0.3 is 23.1 Å². The van der Waals surface area contributed by atoms with Crippen LogP contribution in [0.25, 0.3) is 0 Å². The molecule has 0 amide bonds. The molecule has 20 nitrogen and oxygen atoms in total. The number of rotatable bonds is 23. The molecule has 4 unspecified atom stereocenters. The van der Waals surface area contributed by atoms with Crippen molar-refractivity contribution in [2.45, 2.75) is 0 Å². The van der Waals surface area contributed by atoms with Crippen LogP contribution >= 0.6 is 148 Å². The highest BCUT2D eigenvalue weighted by atomic mass is 35.9. The normalized spacial score (nSPS) is 14.0. The third-order valence-electron chi connectivity index (χ3n) is 10.1. The van der Waals surface area contributed by atoms with Gasteiger partial charge in [0, 0.05) is 91.5 Å². The van der Waals surface area contributed by atoms with Crippen molar-refractivity contribution >= 4 is 173 Å². The van der Waals surface area contributed by atoms with Gasteiger partial charge in [0.05, 0.1) is 0 Å². The second-order valence-electron chi connectivity index (χ2n) is 16.6. The average molecular weight is 1420 g/mol. The van der Waals surface area contributed by atoms with Crippen molar-refractivity contribution in [3.63, 3.8) is 0 Å². The van der Waals surface area contributed by atoms with E-state index in [9.17, 15) is 27.4 Å². The lowest BCUT2D eigenvalue weighted by Gasteiger charge is -2.31. The number of thiocarbonyl (C=S) groups is 5. The Hall–Kier alpha value is -2.27. The number of nitrogens with two attached hydrogens (primary N) is 1. The first-order valence-electron chi connectivity index (χ1n) is 23.3. The van der Waals surface area contributed by atoms with Crippen LogP contribution in [0.15, 0.2) is 152 Å². The molecule has 0 aromatic heterocycles. The number of hydrogen-bond acceptors (Lipinski definition) is 16. The monoisotopic (exact) mass is 1410 g/mol. The quantitative estimate of drug-likeness (QED) is 0.0177. The molecule has 0 fully saturated rings. The van der Waals surface area contributed by atoms with Gasteiger partial charge in [-0.1, -0.05) is 213 Å². The molecule has 450 valence electrons. The first kappa shape index (κ1) is 75.8. The molecule has 82 heavy (non-hydrogen) atoms.